The number of aliphatic hydroxyl groups excluding tert-OH is 1. The predicted molar refractivity (Wildman–Crippen MR) is 391 cm³/mol. The lowest BCUT2D eigenvalue weighted by Gasteiger charge is -2.51. The largest absolute Gasteiger partial charge is 0.374 e. The molecule has 0 amide bonds. The fraction of sp³-hybridized carbons (Fsp3) is 0.318. The summed E-state index contributed by atoms with van der Waals surface area (Å²) in [6.45, 7) is 1.74. The molecule has 1 unspecified atom stereocenters. The lowest BCUT2D eigenvalue weighted by atomic mass is 9.95. The summed E-state index contributed by atoms with van der Waals surface area (Å²) >= 11 is 0. The van der Waals surface area contributed by atoms with Gasteiger partial charge < -0.3 is 76.2 Å². The second-order valence-electron chi connectivity index (χ2n) is 26.2. The molecule has 15 atom stereocenters. The first-order chi connectivity index (χ1) is 51.5. The SMILES string of the molecule is O[C@@H]1O[C@H](COCc2ccccc2)[C@@H](OCc2ccccc2)[C@H](O[C@H]2O[C@H](COCc3ccccc3)[C@@H](O[C@H]3O[C@H](COCc4ccccc4)[C@@H](OCc4ccccc4)C(OCc4ccccc4)[C@H]3OCc3ccccc3)[C@H](OCc3ccccc3)[C@H]2OCc2ccccc2)[C@H]1OCc1ccccc1. The summed E-state index contributed by atoms with van der Waals surface area (Å²) < 4.78 is 108. The van der Waals surface area contributed by atoms with E-state index in [2.05, 4.69) is 0 Å². The van der Waals surface area contributed by atoms with Crippen molar-refractivity contribution in [2.24, 2.45) is 0 Å². The molecule has 16 heteroatoms. The first-order valence-electron chi connectivity index (χ1n) is 35.9. The molecule has 10 aromatic rings. The van der Waals surface area contributed by atoms with Gasteiger partial charge in [0.15, 0.2) is 18.9 Å². The van der Waals surface area contributed by atoms with E-state index in [1.807, 2.05) is 303 Å². The van der Waals surface area contributed by atoms with E-state index >= 15 is 0 Å². The van der Waals surface area contributed by atoms with Crippen LogP contribution in [0.1, 0.15) is 55.6 Å². The molecule has 10 aromatic carbocycles. The van der Waals surface area contributed by atoms with Gasteiger partial charge in [0, 0.05) is 0 Å². The smallest absolute Gasteiger partial charge is 0.187 e. The summed E-state index contributed by atoms with van der Waals surface area (Å²) in [5, 5.41) is 12.6. The van der Waals surface area contributed by atoms with Crippen LogP contribution in [-0.2, 0) is 137 Å². The molecule has 0 aliphatic carbocycles. The van der Waals surface area contributed by atoms with Gasteiger partial charge in [-0.25, -0.2) is 0 Å². The number of rotatable bonds is 37. The van der Waals surface area contributed by atoms with Crippen LogP contribution in [0.4, 0.5) is 0 Å². The van der Waals surface area contributed by atoms with E-state index in [0.717, 1.165) is 55.6 Å². The number of hydrogen-bond acceptors (Lipinski definition) is 16. The first kappa shape index (κ1) is 73.9. The lowest BCUT2D eigenvalue weighted by molar-refractivity contribution is -0.394. The predicted octanol–water partition coefficient (Wildman–Crippen LogP) is 14.7. The highest BCUT2D eigenvalue weighted by molar-refractivity contribution is 5.21. The van der Waals surface area contributed by atoms with Crippen molar-refractivity contribution in [1.29, 1.82) is 0 Å². The van der Waals surface area contributed by atoms with Gasteiger partial charge in [0.2, 0.25) is 0 Å². The third kappa shape index (κ3) is 21.6. The summed E-state index contributed by atoms with van der Waals surface area (Å²) in [5.74, 6) is 0. The second kappa shape index (κ2) is 39.6. The summed E-state index contributed by atoms with van der Waals surface area (Å²) in [4.78, 5) is 0. The van der Waals surface area contributed by atoms with E-state index in [1.54, 1.807) is 0 Å². The van der Waals surface area contributed by atoms with Crippen molar-refractivity contribution >= 4 is 0 Å². The van der Waals surface area contributed by atoms with Crippen molar-refractivity contribution in [1.82, 2.24) is 0 Å². The zero-order valence-electron chi connectivity index (χ0n) is 58.3. The standard InChI is InChI=1S/C88H92O16/c89-86-83(97-58-71-45-25-8-26-46-71)82(78(94-55-68-39-19-5-20-40-68)74(100-86)61-90-51-64-31-11-1-12-32-64)104-88-85(99-60-73-49-29-10-30-50-73)81(96-57-70-43-23-7-24-44-70)79(76(102-88)63-92-53-66-35-15-3-16-36-66)103-87-84(98-59-72-47-27-9-28-48-72)80(95-56-69-41-21-6-22-42-69)77(93-54-67-37-17-4-18-38-67)75(101-87)62-91-52-65-33-13-2-14-34-65/h1-50,74-89H,51-63H2/t74-,75-,76-,77-,78-,79-,80?,81+,82+,83-,84-,85-,86-,87-,88-/m1/s1. The highest BCUT2D eigenvalue weighted by atomic mass is 16.8. The van der Waals surface area contributed by atoms with E-state index in [4.69, 9.17) is 71.1 Å². The summed E-state index contributed by atoms with van der Waals surface area (Å²) in [6, 6.07) is 99.4. The Morgan fingerprint density at radius 3 is 0.692 bits per heavy atom. The maximum atomic E-state index is 12.6. The number of aliphatic hydroxyl groups is 1. The Kier molecular flexibility index (Phi) is 28.1. The van der Waals surface area contributed by atoms with Crippen LogP contribution < -0.4 is 0 Å². The van der Waals surface area contributed by atoms with Gasteiger partial charge in [0.1, 0.15) is 73.2 Å². The van der Waals surface area contributed by atoms with Crippen LogP contribution in [0.3, 0.4) is 0 Å². The number of hydrogen-bond donors (Lipinski definition) is 1. The van der Waals surface area contributed by atoms with Gasteiger partial charge in [0.25, 0.3) is 0 Å². The van der Waals surface area contributed by atoms with Crippen LogP contribution in [0.2, 0.25) is 0 Å². The highest BCUT2D eigenvalue weighted by Crippen LogP contribution is 2.40. The average molecular weight is 1410 g/mol. The Labute approximate surface area is 610 Å². The molecule has 1 N–H and O–H groups in total. The molecule has 3 aliphatic heterocycles. The van der Waals surface area contributed by atoms with Crippen LogP contribution >= 0.6 is 0 Å². The summed E-state index contributed by atoms with van der Waals surface area (Å²) in [7, 11) is 0. The fourth-order valence-electron chi connectivity index (χ4n) is 13.2. The zero-order valence-corrected chi connectivity index (χ0v) is 58.3. The minimum atomic E-state index is -1.55. The zero-order chi connectivity index (χ0) is 70.6. The fourth-order valence-corrected chi connectivity index (χ4v) is 13.2. The van der Waals surface area contributed by atoms with Crippen molar-refractivity contribution < 1.29 is 76.2 Å². The minimum absolute atomic E-state index is 0.00616. The molecule has 3 fully saturated rings. The van der Waals surface area contributed by atoms with Crippen molar-refractivity contribution in [2.75, 3.05) is 19.8 Å². The second-order valence-corrected chi connectivity index (χ2v) is 26.2. The van der Waals surface area contributed by atoms with E-state index < -0.39 is 92.1 Å². The molecule has 3 aliphatic rings. The van der Waals surface area contributed by atoms with E-state index in [0.29, 0.717) is 0 Å². The molecule has 0 spiro atoms. The monoisotopic (exact) mass is 1400 g/mol. The molecule has 0 saturated carbocycles. The average Bonchev–Trinajstić information content (AvgIpc) is 0.758. The van der Waals surface area contributed by atoms with Crippen molar-refractivity contribution in [3.8, 4) is 0 Å². The quantitative estimate of drug-likeness (QED) is 0.0392. The van der Waals surface area contributed by atoms with Crippen LogP contribution in [0.5, 0.6) is 0 Å². The molecule has 0 aromatic heterocycles. The van der Waals surface area contributed by atoms with Gasteiger partial charge in [-0.05, 0) is 55.6 Å². The number of benzene rings is 10. The molecule has 16 nitrogen and oxygen atoms in total. The van der Waals surface area contributed by atoms with Gasteiger partial charge in [-0.2, -0.15) is 0 Å². The Balaban J connectivity index is 0.930. The van der Waals surface area contributed by atoms with Crippen LogP contribution in [0.25, 0.3) is 0 Å². The van der Waals surface area contributed by atoms with Gasteiger partial charge >= 0.3 is 0 Å². The molecule has 0 bridgehead atoms. The van der Waals surface area contributed by atoms with Crippen molar-refractivity contribution in [3.05, 3.63) is 359 Å². The topological polar surface area (TPSA) is 159 Å². The maximum Gasteiger partial charge on any atom is 0.187 e. The molecule has 0 radical (unpaired) electrons. The van der Waals surface area contributed by atoms with Gasteiger partial charge in [-0.15, -0.1) is 0 Å². The van der Waals surface area contributed by atoms with Crippen molar-refractivity contribution in [3.63, 3.8) is 0 Å². The van der Waals surface area contributed by atoms with Crippen molar-refractivity contribution in [2.45, 2.75) is 158 Å². The van der Waals surface area contributed by atoms with Crippen LogP contribution in [0, 0.1) is 0 Å². The van der Waals surface area contributed by atoms with Crippen LogP contribution in [-0.4, -0.2) is 117 Å². The third-order valence-corrected chi connectivity index (χ3v) is 18.6. The maximum absolute atomic E-state index is 12.6. The Morgan fingerprint density at radius 1 is 0.202 bits per heavy atom. The third-order valence-electron chi connectivity index (χ3n) is 18.6. The van der Waals surface area contributed by atoms with Gasteiger partial charge in [0.05, 0.1) is 85.9 Å². The van der Waals surface area contributed by atoms with Gasteiger partial charge in [-0.1, -0.05) is 303 Å². The molecule has 3 heterocycles. The Bertz CT molecular complexity index is 3960. The van der Waals surface area contributed by atoms with E-state index in [-0.39, 0.29) is 85.9 Å². The molecule has 3 saturated heterocycles. The normalized spacial score (nSPS) is 24.8. The van der Waals surface area contributed by atoms with E-state index in [9.17, 15) is 5.11 Å². The van der Waals surface area contributed by atoms with Gasteiger partial charge in [-0.3, -0.25) is 0 Å². The Hall–Kier alpha value is -8.44. The lowest BCUT2D eigenvalue weighted by Crippen LogP contribution is -2.68. The van der Waals surface area contributed by atoms with Crippen LogP contribution in [0.15, 0.2) is 303 Å². The number of ether oxygens (including phenoxy) is 15. The minimum Gasteiger partial charge on any atom is -0.374 e. The Morgan fingerprint density at radius 2 is 0.404 bits per heavy atom. The molecular formula is C88H92O16. The summed E-state index contributed by atoms with van der Waals surface area (Å²) in [5.41, 5.74) is 9.19. The highest BCUT2D eigenvalue weighted by Gasteiger charge is 2.57. The van der Waals surface area contributed by atoms with E-state index in [1.165, 1.54) is 0 Å². The molecule has 104 heavy (non-hydrogen) atoms. The first-order valence-corrected chi connectivity index (χ1v) is 35.9. The molecular weight excluding hydrogens is 1310 g/mol. The molecule has 13 rings (SSSR count). The summed E-state index contributed by atoms with van der Waals surface area (Å²) in [6.07, 6.45) is -16.2. The molecule has 540 valence electrons.